The molecule has 0 spiro atoms. The molecule has 17 heavy (non-hydrogen) atoms. The number of pyridine rings is 1. The number of aromatic nitrogens is 1. The van der Waals surface area contributed by atoms with Crippen molar-refractivity contribution in [2.24, 2.45) is 0 Å². The molecule has 0 unspecified atom stereocenters. The number of nitrogen functional groups attached to an aromatic ring is 1. The molecule has 2 rings (SSSR count). The largest absolute Gasteiger partial charge is 0.437 e. The maximum atomic E-state index is 5.97. The number of rotatable bonds is 2. The molecule has 1 heterocycles. The van der Waals surface area contributed by atoms with Crippen molar-refractivity contribution >= 4 is 28.9 Å². The fraction of sp³-hybridized carbons (Fsp3) is 0.0833. The molecule has 88 valence electrons. The molecule has 0 fully saturated rings. The summed E-state index contributed by atoms with van der Waals surface area (Å²) in [6.07, 6.45) is 1.48. The summed E-state index contributed by atoms with van der Waals surface area (Å²) in [7, 11) is 0. The normalized spacial score (nSPS) is 10.3. The summed E-state index contributed by atoms with van der Waals surface area (Å²) in [5.74, 6) is 0.937. The predicted octanol–water partition coefficient (Wildman–Crippen LogP) is 4.07. The fourth-order valence-corrected chi connectivity index (χ4v) is 1.74. The Morgan fingerprint density at radius 1 is 1.29 bits per heavy atom. The highest BCUT2D eigenvalue weighted by atomic mass is 35.5. The van der Waals surface area contributed by atoms with Gasteiger partial charge in [0.05, 0.1) is 5.02 Å². The Morgan fingerprint density at radius 3 is 2.76 bits per heavy atom. The number of anilines is 1. The lowest BCUT2D eigenvalue weighted by atomic mass is 10.2. The molecule has 0 aliphatic rings. The summed E-state index contributed by atoms with van der Waals surface area (Å²) in [5, 5.41) is 0.825. The molecule has 1 aromatic carbocycles. The van der Waals surface area contributed by atoms with Gasteiger partial charge in [0.1, 0.15) is 10.8 Å². The van der Waals surface area contributed by atoms with Crippen LogP contribution in [0.25, 0.3) is 0 Å². The third kappa shape index (κ3) is 2.62. The average Bonchev–Trinajstić information content (AvgIpc) is 2.28. The molecule has 2 N–H and O–H groups in total. The van der Waals surface area contributed by atoms with Gasteiger partial charge in [-0.25, -0.2) is 4.98 Å². The minimum absolute atomic E-state index is 0.310. The quantitative estimate of drug-likeness (QED) is 0.836. The van der Waals surface area contributed by atoms with Crippen molar-refractivity contribution in [2.45, 2.75) is 6.92 Å². The van der Waals surface area contributed by atoms with E-state index in [2.05, 4.69) is 4.98 Å². The molecular weight excluding hydrogens is 259 g/mol. The van der Waals surface area contributed by atoms with Crippen LogP contribution in [0.5, 0.6) is 11.6 Å². The monoisotopic (exact) mass is 268 g/mol. The summed E-state index contributed by atoms with van der Waals surface area (Å²) in [4.78, 5) is 4.02. The van der Waals surface area contributed by atoms with Gasteiger partial charge >= 0.3 is 0 Å². The van der Waals surface area contributed by atoms with Crippen LogP contribution in [0.4, 0.5) is 5.69 Å². The van der Waals surface area contributed by atoms with Crippen molar-refractivity contribution in [3.63, 3.8) is 0 Å². The first kappa shape index (κ1) is 12.0. The van der Waals surface area contributed by atoms with Crippen molar-refractivity contribution in [1.29, 1.82) is 0 Å². The Kier molecular flexibility index (Phi) is 3.41. The first-order chi connectivity index (χ1) is 8.08. The van der Waals surface area contributed by atoms with Gasteiger partial charge in [0, 0.05) is 17.4 Å². The average molecular weight is 269 g/mol. The molecule has 0 atom stereocenters. The number of ether oxygens (including phenoxy) is 1. The van der Waals surface area contributed by atoms with Crippen molar-refractivity contribution < 1.29 is 4.74 Å². The van der Waals surface area contributed by atoms with Crippen molar-refractivity contribution in [3.8, 4) is 11.6 Å². The van der Waals surface area contributed by atoms with Gasteiger partial charge in [-0.3, -0.25) is 0 Å². The summed E-state index contributed by atoms with van der Waals surface area (Å²) >= 11 is 11.7. The molecule has 0 saturated carbocycles. The zero-order valence-corrected chi connectivity index (χ0v) is 10.6. The van der Waals surface area contributed by atoms with E-state index in [1.165, 1.54) is 6.20 Å². The number of nitrogens with zero attached hydrogens (tertiary/aromatic N) is 1. The van der Waals surface area contributed by atoms with E-state index in [1.54, 1.807) is 18.2 Å². The number of nitrogens with two attached hydrogens (primary N) is 1. The zero-order valence-electron chi connectivity index (χ0n) is 9.08. The maximum Gasteiger partial charge on any atom is 0.238 e. The van der Waals surface area contributed by atoms with Gasteiger partial charge in [0.25, 0.3) is 0 Å². The van der Waals surface area contributed by atoms with E-state index < -0.39 is 0 Å². The van der Waals surface area contributed by atoms with Crippen molar-refractivity contribution in [2.75, 3.05) is 5.73 Å². The Balaban J connectivity index is 2.35. The highest BCUT2D eigenvalue weighted by molar-refractivity contribution is 6.35. The molecular formula is C12H10Cl2N2O. The number of hydrogen-bond acceptors (Lipinski definition) is 3. The van der Waals surface area contributed by atoms with Gasteiger partial charge in [0.15, 0.2) is 0 Å². The van der Waals surface area contributed by atoms with Crippen molar-refractivity contribution in [1.82, 2.24) is 4.98 Å². The second-order valence-electron chi connectivity index (χ2n) is 3.51. The fourth-order valence-electron chi connectivity index (χ4n) is 1.32. The zero-order chi connectivity index (χ0) is 12.4. The maximum absolute atomic E-state index is 5.97. The van der Waals surface area contributed by atoms with E-state index in [1.807, 2.05) is 13.0 Å². The highest BCUT2D eigenvalue weighted by Crippen LogP contribution is 2.32. The highest BCUT2D eigenvalue weighted by Gasteiger charge is 2.08. The van der Waals surface area contributed by atoms with E-state index in [4.69, 9.17) is 33.7 Å². The Labute approximate surface area is 109 Å². The van der Waals surface area contributed by atoms with Crippen LogP contribution in [-0.2, 0) is 0 Å². The molecule has 0 bridgehead atoms. The molecule has 0 amide bonds. The Bertz CT molecular complexity index is 558. The Morgan fingerprint density at radius 2 is 2.06 bits per heavy atom. The minimum atomic E-state index is 0.310. The molecule has 5 heteroatoms. The molecule has 2 aromatic rings. The van der Waals surface area contributed by atoms with Crippen LogP contribution in [0.3, 0.4) is 0 Å². The van der Waals surface area contributed by atoms with Gasteiger partial charge in [-0.15, -0.1) is 0 Å². The standard InChI is InChI=1S/C12H10Cl2N2O/c1-7-10(15)3-2-4-11(7)17-12-9(14)5-8(13)6-16-12/h2-6H,15H2,1H3. The molecule has 0 saturated heterocycles. The third-order valence-electron chi connectivity index (χ3n) is 2.31. The smallest absolute Gasteiger partial charge is 0.238 e. The molecule has 0 aliphatic carbocycles. The van der Waals surface area contributed by atoms with Crippen LogP contribution in [0.1, 0.15) is 5.56 Å². The van der Waals surface area contributed by atoms with Crippen LogP contribution >= 0.6 is 23.2 Å². The number of hydrogen-bond donors (Lipinski definition) is 1. The summed E-state index contributed by atoms with van der Waals surface area (Å²) in [6, 6.07) is 6.99. The van der Waals surface area contributed by atoms with Gasteiger partial charge < -0.3 is 10.5 Å². The second kappa shape index (κ2) is 4.82. The van der Waals surface area contributed by atoms with E-state index in [9.17, 15) is 0 Å². The SMILES string of the molecule is Cc1c(N)cccc1Oc1ncc(Cl)cc1Cl. The van der Waals surface area contributed by atoms with Gasteiger partial charge in [-0.1, -0.05) is 29.3 Å². The third-order valence-corrected chi connectivity index (χ3v) is 2.78. The first-order valence-corrected chi connectivity index (χ1v) is 5.67. The lowest BCUT2D eigenvalue weighted by Gasteiger charge is -2.10. The second-order valence-corrected chi connectivity index (χ2v) is 4.36. The lowest BCUT2D eigenvalue weighted by Crippen LogP contribution is -1.95. The van der Waals surface area contributed by atoms with Crippen LogP contribution in [0, 0.1) is 6.92 Å². The van der Waals surface area contributed by atoms with Crippen LogP contribution in [0.2, 0.25) is 10.0 Å². The number of halogens is 2. The molecule has 1 aromatic heterocycles. The van der Waals surface area contributed by atoms with E-state index in [0.717, 1.165) is 5.56 Å². The minimum Gasteiger partial charge on any atom is -0.437 e. The first-order valence-electron chi connectivity index (χ1n) is 4.92. The number of benzene rings is 1. The van der Waals surface area contributed by atoms with Gasteiger partial charge in [0.2, 0.25) is 5.88 Å². The summed E-state index contributed by atoms with van der Waals surface area (Å²) in [6.45, 7) is 1.87. The summed E-state index contributed by atoms with van der Waals surface area (Å²) in [5.41, 5.74) is 7.29. The summed E-state index contributed by atoms with van der Waals surface area (Å²) < 4.78 is 5.59. The molecule has 0 radical (unpaired) electrons. The lowest BCUT2D eigenvalue weighted by molar-refractivity contribution is 0.460. The molecule has 0 aliphatic heterocycles. The van der Waals surface area contributed by atoms with Crippen LogP contribution in [-0.4, -0.2) is 4.98 Å². The van der Waals surface area contributed by atoms with Gasteiger partial charge in [-0.2, -0.15) is 0 Å². The predicted molar refractivity (Wildman–Crippen MR) is 69.9 cm³/mol. The van der Waals surface area contributed by atoms with E-state index >= 15 is 0 Å². The Hall–Kier alpha value is -1.45. The van der Waals surface area contributed by atoms with Crippen LogP contribution < -0.4 is 10.5 Å². The van der Waals surface area contributed by atoms with E-state index in [-0.39, 0.29) is 0 Å². The molecule has 3 nitrogen and oxygen atoms in total. The van der Waals surface area contributed by atoms with Crippen LogP contribution in [0.15, 0.2) is 30.5 Å². The topological polar surface area (TPSA) is 48.1 Å². The van der Waals surface area contributed by atoms with E-state index in [0.29, 0.717) is 27.4 Å². The van der Waals surface area contributed by atoms with Crippen molar-refractivity contribution in [3.05, 3.63) is 46.1 Å². The van der Waals surface area contributed by atoms with Gasteiger partial charge in [-0.05, 0) is 25.1 Å².